The Kier molecular flexibility index (Phi) is 5.57. The maximum atomic E-state index is 10.8. The van der Waals surface area contributed by atoms with E-state index in [0.29, 0.717) is 0 Å². The molecule has 0 fully saturated rings. The van der Waals surface area contributed by atoms with E-state index in [1.807, 2.05) is 48.8 Å². The predicted octanol–water partition coefficient (Wildman–Crippen LogP) is 6.03. The number of carboxylic acid groups (broad SMARTS) is 1. The largest absolute Gasteiger partial charge is 0.478 e. The van der Waals surface area contributed by atoms with E-state index in [0.717, 1.165) is 45.8 Å². The molecule has 30 heavy (non-hydrogen) atoms. The second kappa shape index (κ2) is 8.62. The van der Waals surface area contributed by atoms with Crippen LogP contribution in [0, 0.1) is 0 Å². The van der Waals surface area contributed by atoms with Gasteiger partial charge < -0.3 is 10.1 Å². The van der Waals surface area contributed by atoms with Crippen LogP contribution in [0.4, 0.5) is 0 Å². The van der Waals surface area contributed by atoms with Gasteiger partial charge in [0, 0.05) is 29.4 Å². The summed E-state index contributed by atoms with van der Waals surface area (Å²) in [5.74, 6) is -0.956. The van der Waals surface area contributed by atoms with Gasteiger partial charge in [-0.15, -0.1) is 0 Å². The summed E-state index contributed by atoms with van der Waals surface area (Å²) in [7, 11) is 0. The van der Waals surface area contributed by atoms with Crippen LogP contribution >= 0.6 is 0 Å². The van der Waals surface area contributed by atoms with Crippen LogP contribution < -0.4 is 0 Å². The quantitative estimate of drug-likeness (QED) is 0.310. The number of pyridine rings is 1. The van der Waals surface area contributed by atoms with Crippen molar-refractivity contribution < 1.29 is 9.90 Å². The van der Waals surface area contributed by atoms with E-state index in [9.17, 15) is 4.79 Å². The van der Waals surface area contributed by atoms with Gasteiger partial charge in [0.15, 0.2) is 0 Å². The fourth-order valence-corrected chi connectivity index (χ4v) is 3.68. The predicted molar refractivity (Wildman–Crippen MR) is 122 cm³/mol. The third-order valence-corrected chi connectivity index (χ3v) is 5.08. The van der Waals surface area contributed by atoms with Crippen molar-refractivity contribution in [1.82, 2.24) is 9.97 Å². The molecule has 2 aromatic carbocycles. The number of aliphatic carboxylic acids is 1. The normalized spacial score (nSPS) is 12.3. The molecule has 0 aliphatic rings. The molecule has 4 heteroatoms. The first-order valence-corrected chi connectivity index (χ1v) is 9.89. The van der Waals surface area contributed by atoms with Crippen LogP contribution in [0.1, 0.15) is 35.6 Å². The van der Waals surface area contributed by atoms with Crippen LogP contribution in [0.15, 0.2) is 85.2 Å². The zero-order valence-electron chi connectivity index (χ0n) is 16.7. The molecule has 4 aromatic rings. The number of hydrogen-bond acceptors (Lipinski definition) is 2. The molecular weight excluding hydrogens is 372 g/mol. The Hall–Kier alpha value is -3.92. The van der Waals surface area contributed by atoms with E-state index < -0.39 is 5.97 Å². The van der Waals surface area contributed by atoms with Crippen molar-refractivity contribution in [3.8, 4) is 0 Å². The molecule has 0 saturated heterocycles. The Bertz CT molecular complexity index is 1230. The number of aromatic amines is 1. The van der Waals surface area contributed by atoms with Crippen LogP contribution in [-0.2, 0) is 4.79 Å². The van der Waals surface area contributed by atoms with Crippen LogP contribution in [0.2, 0.25) is 0 Å². The van der Waals surface area contributed by atoms with Crippen molar-refractivity contribution in [3.05, 3.63) is 107 Å². The molecule has 4 rings (SSSR count). The van der Waals surface area contributed by atoms with Crippen molar-refractivity contribution >= 4 is 34.2 Å². The molecule has 0 aliphatic carbocycles. The summed E-state index contributed by atoms with van der Waals surface area (Å²) < 4.78 is 0. The first-order valence-electron chi connectivity index (χ1n) is 9.89. The van der Waals surface area contributed by atoms with Gasteiger partial charge in [-0.1, -0.05) is 61.5 Å². The molecule has 0 amide bonds. The smallest absolute Gasteiger partial charge is 0.328 e. The maximum Gasteiger partial charge on any atom is 0.328 e. The highest BCUT2D eigenvalue weighted by Gasteiger charge is 2.14. The van der Waals surface area contributed by atoms with E-state index in [1.165, 1.54) is 11.1 Å². The van der Waals surface area contributed by atoms with Crippen molar-refractivity contribution in [2.45, 2.75) is 13.3 Å². The number of aromatic nitrogens is 2. The van der Waals surface area contributed by atoms with Gasteiger partial charge in [-0.2, -0.15) is 0 Å². The maximum absolute atomic E-state index is 10.8. The number of carboxylic acids is 1. The number of carbonyl (C=O) groups is 1. The topological polar surface area (TPSA) is 66.0 Å². The minimum atomic E-state index is -0.956. The highest BCUT2D eigenvalue weighted by Crippen LogP contribution is 2.35. The summed E-state index contributed by atoms with van der Waals surface area (Å²) in [6, 6.07) is 22.5. The highest BCUT2D eigenvalue weighted by molar-refractivity contribution is 6.00. The van der Waals surface area contributed by atoms with Gasteiger partial charge in [-0.05, 0) is 52.5 Å². The van der Waals surface area contributed by atoms with Crippen LogP contribution in [-0.4, -0.2) is 21.0 Å². The Morgan fingerprint density at radius 1 is 1.00 bits per heavy atom. The summed E-state index contributed by atoms with van der Waals surface area (Å²) in [5.41, 5.74) is 7.38. The Morgan fingerprint density at radius 3 is 2.47 bits per heavy atom. The second-order valence-corrected chi connectivity index (χ2v) is 7.01. The molecular formula is C26H22N2O2. The third-order valence-electron chi connectivity index (χ3n) is 5.08. The Balaban J connectivity index is 1.89. The molecule has 0 saturated carbocycles. The van der Waals surface area contributed by atoms with Crippen molar-refractivity contribution in [1.29, 1.82) is 0 Å². The molecule has 0 aliphatic heterocycles. The van der Waals surface area contributed by atoms with Gasteiger partial charge in [0.05, 0.1) is 0 Å². The monoisotopic (exact) mass is 394 g/mol. The molecule has 148 valence electrons. The number of fused-ring (bicyclic) bond motifs is 1. The lowest BCUT2D eigenvalue weighted by Crippen LogP contribution is -1.96. The van der Waals surface area contributed by atoms with E-state index in [2.05, 4.69) is 47.2 Å². The summed E-state index contributed by atoms with van der Waals surface area (Å²) in [6.07, 6.45) is 7.42. The van der Waals surface area contributed by atoms with Gasteiger partial charge in [0.1, 0.15) is 5.65 Å². The lowest BCUT2D eigenvalue weighted by molar-refractivity contribution is -0.131. The summed E-state index contributed by atoms with van der Waals surface area (Å²) in [6.45, 7) is 2.16. The molecule has 0 radical (unpaired) electrons. The Labute approximate surface area is 175 Å². The van der Waals surface area contributed by atoms with Gasteiger partial charge >= 0.3 is 5.97 Å². The van der Waals surface area contributed by atoms with Gasteiger partial charge in [-0.25, -0.2) is 9.78 Å². The first kappa shape index (κ1) is 19.4. The highest BCUT2D eigenvalue weighted by atomic mass is 16.4. The molecule has 4 nitrogen and oxygen atoms in total. The lowest BCUT2D eigenvalue weighted by Gasteiger charge is -2.16. The fourth-order valence-electron chi connectivity index (χ4n) is 3.68. The van der Waals surface area contributed by atoms with Crippen molar-refractivity contribution in [2.24, 2.45) is 0 Å². The SMILES string of the molecule is CCC(=C(c1ccc(C=CC(=O)O)cc1)c1cnc2[nH]ccc2c1)c1ccccc1. The molecule has 2 heterocycles. The number of nitrogens with zero attached hydrogens (tertiary/aromatic N) is 1. The second-order valence-electron chi connectivity index (χ2n) is 7.01. The number of benzene rings is 2. The number of allylic oxidation sites excluding steroid dienone is 1. The summed E-state index contributed by atoms with van der Waals surface area (Å²) >= 11 is 0. The number of rotatable bonds is 6. The average molecular weight is 394 g/mol. The average Bonchev–Trinajstić information content (AvgIpc) is 3.25. The number of nitrogens with one attached hydrogen (secondary N) is 1. The zero-order valence-corrected chi connectivity index (χ0v) is 16.7. The first-order chi connectivity index (χ1) is 14.7. The summed E-state index contributed by atoms with van der Waals surface area (Å²) in [5, 5.41) is 9.93. The minimum absolute atomic E-state index is 0.845. The molecule has 0 spiro atoms. The summed E-state index contributed by atoms with van der Waals surface area (Å²) in [4.78, 5) is 18.5. The number of hydrogen-bond donors (Lipinski definition) is 2. The van der Waals surface area contributed by atoms with Crippen LogP contribution in [0.25, 0.3) is 28.3 Å². The van der Waals surface area contributed by atoms with Crippen LogP contribution in [0.5, 0.6) is 0 Å². The van der Waals surface area contributed by atoms with Crippen molar-refractivity contribution in [2.75, 3.05) is 0 Å². The molecule has 0 bridgehead atoms. The number of H-pyrrole nitrogens is 1. The van der Waals surface area contributed by atoms with Crippen LogP contribution in [0.3, 0.4) is 0 Å². The minimum Gasteiger partial charge on any atom is -0.478 e. The fraction of sp³-hybridized carbons (Fsp3) is 0.0769. The van der Waals surface area contributed by atoms with E-state index in [4.69, 9.17) is 5.11 Å². The van der Waals surface area contributed by atoms with E-state index >= 15 is 0 Å². The molecule has 0 unspecified atom stereocenters. The third kappa shape index (κ3) is 4.08. The van der Waals surface area contributed by atoms with E-state index in [-0.39, 0.29) is 0 Å². The molecule has 2 N–H and O–H groups in total. The lowest BCUT2D eigenvalue weighted by atomic mass is 9.88. The van der Waals surface area contributed by atoms with Gasteiger partial charge in [0.2, 0.25) is 0 Å². The molecule has 0 atom stereocenters. The van der Waals surface area contributed by atoms with Gasteiger partial charge in [0.25, 0.3) is 0 Å². The Morgan fingerprint density at radius 2 is 1.77 bits per heavy atom. The zero-order chi connectivity index (χ0) is 20.9. The standard InChI is InChI=1S/C26H22N2O2/c1-2-23(19-6-4-3-5-7-19)25(22-16-21-14-15-27-26(21)28-17-22)20-11-8-18(9-12-20)10-13-24(29)30/h3-17H,2H2,1H3,(H,27,28)(H,29,30). The van der Waals surface area contributed by atoms with Crippen molar-refractivity contribution in [3.63, 3.8) is 0 Å². The van der Waals surface area contributed by atoms with Gasteiger partial charge in [-0.3, -0.25) is 0 Å². The van der Waals surface area contributed by atoms with E-state index in [1.54, 1.807) is 6.08 Å². The molecule has 2 aromatic heterocycles.